The summed E-state index contributed by atoms with van der Waals surface area (Å²) in [7, 11) is 2.27. The van der Waals surface area contributed by atoms with Crippen LogP contribution in [0.15, 0.2) is 52.2 Å². The number of amidine groups is 1. The summed E-state index contributed by atoms with van der Waals surface area (Å²) < 4.78 is 0. The molecule has 4 heterocycles. The number of thiophene rings is 2. The van der Waals surface area contributed by atoms with Crippen molar-refractivity contribution in [1.29, 1.82) is 0 Å². The Morgan fingerprint density at radius 3 is 2.97 bits per heavy atom. The van der Waals surface area contributed by atoms with Crippen molar-refractivity contribution in [2.75, 3.05) is 32.0 Å². The van der Waals surface area contributed by atoms with Crippen molar-refractivity contribution in [3.05, 3.63) is 63.2 Å². The Bertz CT molecular complexity index is 1020. The third kappa shape index (κ3) is 3.84. The molecule has 1 saturated heterocycles. The first-order valence-electron chi connectivity index (χ1n) is 10.2. The first-order valence-corrected chi connectivity index (χ1v) is 11.9. The molecule has 0 bridgehead atoms. The van der Waals surface area contributed by atoms with Gasteiger partial charge in [0.15, 0.2) is 0 Å². The SMILES string of the molecule is Cc1cc2c(s1)Nc1ccccc1N=C2N1CCN(C)C(CCc2ccsc2)C1. The van der Waals surface area contributed by atoms with Crippen molar-refractivity contribution in [2.45, 2.75) is 25.8 Å². The Hall–Kier alpha value is -2.15. The van der Waals surface area contributed by atoms with Crippen LogP contribution < -0.4 is 5.32 Å². The van der Waals surface area contributed by atoms with Crippen molar-refractivity contribution in [1.82, 2.24) is 9.80 Å². The molecule has 1 N–H and O–H groups in total. The number of anilines is 2. The molecule has 0 radical (unpaired) electrons. The zero-order chi connectivity index (χ0) is 19.8. The van der Waals surface area contributed by atoms with Crippen LogP contribution in [0.1, 0.15) is 22.4 Å². The summed E-state index contributed by atoms with van der Waals surface area (Å²) in [6.07, 6.45) is 2.33. The molecule has 0 amide bonds. The third-order valence-corrected chi connectivity index (χ3v) is 7.60. The summed E-state index contributed by atoms with van der Waals surface area (Å²) in [6.45, 7) is 5.29. The first kappa shape index (κ1) is 18.9. The number of aryl methyl sites for hydroxylation is 2. The maximum Gasteiger partial charge on any atom is 0.139 e. The van der Waals surface area contributed by atoms with Crippen LogP contribution in [0.3, 0.4) is 0 Å². The van der Waals surface area contributed by atoms with E-state index in [9.17, 15) is 0 Å². The second kappa shape index (κ2) is 7.94. The maximum absolute atomic E-state index is 5.16. The lowest BCUT2D eigenvalue weighted by Gasteiger charge is -2.41. The topological polar surface area (TPSA) is 30.9 Å². The van der Waals surface area contributed by atoms with Gasteiger partial charge in [-0.25, -0.2) is 4.99 Å². The average molecular weight is 423 g/mol. The van der Waals surface area contributed by atoms with Gasteiger partial charge in [-0.1, -0.05) is 12.1 Å². The number of aliphatic imine (C=N–C) groups is 1. The van der Waals surface area contributed by atoms with Crippen LogP contribution >= 0.6 is 22.7 Å². The van der Waals surface area contributed by atoms with Crippen LogP contribution in [0.5, 0.6) is 0 Å². The lowest BCUT2D eigenvalue weighted by molar-refractivity contribution is 0.134. The average Bonchev–Trinajstić information content (AvgIpc) is 3.33. The van der Waals surface area contributed by atoms with E-state index >= 15 is 0 Å². The molecule has 0 saturated carbocycles. The lowest BCUT2D eigenvalue weighted by atomic mass is 10.0. The fraction of sp³-hybridized carbons (Fsp3) is 0.348. The number of nitrogens with zero attached hydrogens (tertiary/aromatic N) is 3. The van der Waals surface area contributed by atoms with Gasteiger partial charge in [0.25, 0.3) is 0 Å². The molecule has 0 aliphatic carbocycles. The highest BCUT2D eigenvalue weighted by Crippen LogP contribution is 2.39. The molecule has 1 fully saturated rings. The Morgan fingerprint density at radius 2 is 2.10 bits per heavy atom. The quantitative estimate of drug-likeness (QED) is 0.604. The zero-order valence-electron chi connectivity index (χ0n) is 16.9. The lowest BCUT2D eigenvalue weighted by Crippen LogP contribution is -2.53. The van der Waals surface area contributed by atoms with Gasteiger partial charge in [0.1, 0.15) is 10.8 Å². The summed E-state index contributed by atoms with van der Waals surface area (Å²) in [5.74, 6) is 1.12. The number of rotatable bonds is 3. The monoisotopic (exact) mass is 422 g/mol. The van der Waals surface area contributed by atoms with E-state index in [4.69, 9.17) is 4.99 Å². The number of piperazine rings is 1. The molecule has 29 heavy (non-hydrogen) atoms. The predicted octanol–water partition coefficient (Wildman–Crippen LogP) is 5.50. The molecule has 0 spiro atoms. The molecular weight excluding hydrogens is 396 g/mol. The molecule has 1 aromatic carbocycles. The second-order valence-corrected chi connectivity index (χ2v) is 9.96. The molecule has 6 heteroatoms. The second-order valence-electron chi connectivity index (χ2n) is 7.93. The largest absolute Gasteiger partial charge is 0.353 e. The molecule has 3 aromatic rings. The highest BCUT2D eigenvalue weighted by atomic mass is 32.1. The number of fused-ring (bicyclic) bond motifs is 2. The van der Waals surface area contributed by atoms with Gasteiger partial charge in [-0.3, -0.25) is 4.90 Å². The summed E-state index contributed by atoms with van der Waals surface area (Å²) in [5, 5.41) is 9.29. The number of likely N-dealkylation sites (N-methyl/N-ethyl adjacent to an activating group) is 1. The number of nitrogens with one attached hydrogen (secondary N) is 1. The fourth-order valence-corrected chi connectivity index (χ4v) is 5.83. The molecule has 2 aromatic heterocycles. The van der Waals surface area contributed by atoms with Gasteiger partial charge in [-0.2, -0.15) is 11.3 Å². The molecule has 2 aliphatic rings. The van der Waals surface area contributed by atoms with Crippen molar-refractivity contribution in [2.24, 2.45) is 4.99 Å². The third-order valence-electron chi connectivity index (χ3n) is 5.90. The maximum atomic E-state index is 5.16. The Labute approximate surface area is 180 Å². The van der Waals surface area contributed by atoms with E-state index in [1.54, 1.807) is 11.3 Å². The minimum atomic E-state index is 0.543. The van der Waals surface area contributed by atoms with Crippen LogP contribution in [0.4, 0.5) is 16.4 Å². The fourth-order valence-electron chi connectivity index (χ4n) is 4.21. The van der Waals surface area contributed by atoms with Crippen LogP contribution in [0.25, 0.3) is 0 Å². The smallest absolute Gasteiger partial charge is 0.139 e. The molecule has 4 nitrogen and oxygen atoms in total. The molecule has 150 valence electrons. The minimum Gasteiger partial charge on any atom is -0.353 e. The van der Waals surface area contributed by atoms with E-state index in [1.807, 2.05) is 11.3 Å². The first-order chi connectivity index (χ1) is 14.2. The highest BCUT2D eigenvalue weighted by Gasteiger charge is 2.29. The van der Waals surface area contributed by atoms with Crippen molar-refractivity contribution < 1.29 is 0 Å². The summed E-state index contributed by atoms with van der Waals surface area (Å²) in [5.41, 5.74) is 4.82. The summed E-state index contributed by atoms with van der Waals surface area (Å²) in [4.78, 5) is 11.5. The van der Waals surface area contributed by atoms with E-state index in [0.717, 1.165) is 43.3 Å². The molecule has 1 atom stereocenters. The Balaban J connectivity index is 1.44. The van der Waals surface area contributed by atoms with E-state index in [-0.39, 0.29) is 0 Å². The number of benzene rings is 1. The van der Waals surface area contributed by atoms with Gasteiger partial charge in [-0.05, 0) is 67.4 Å². The minimum absolute atomic E-state index is 0.543. The predicted molar refractivity (Wildman–Crippen MR) is 126 cm³/mol. The standard InChI is InChI=1S/C23H26N4S2/c1-16-13-19-22(24-20-5-3-4-6-21(20)25-23(19)29-16)27-11-10-26(2)18(14-27)8-7-17-9-12-28-15-17/h3-6,9,12-13,15,18,25H,7-8,10-11,14H2,1-2H3. The van der Waals surface area contributed by atoms with E-state index < -0.39 is 0 Å². The molecule has 1 unspecified atom stereocenters. The van der Waals surface area contributed by atoms with Crippen molar-refractivity contribution >= 4 is 44.9 Å². The van der Waals surface area contributed by atoms with Gasteiger partial charge in [0, 0.05) is 30.6 Å². The Morgan fingerprint density at radius 1 is 1.21 bits per heavy atom. The van der Waals surface area contributed by atoms with Crippen LogP contribution in [-0.2, 0) is 6.42 Å². The van der Waals surface area contributed by atoms with Gasteiger partial charge >= 0.3 is 0 Å². The molecule has 5 rings (SSSR count). The zero-order valence-corrected chi connectivity index (χ0v) is 18.5. The highest BCUT2D eigenvalue weighted by molar-refractivity contribution is 7.16. The van der Waals surface area contributed by atoms with Crippen LogP contribution in [0.2, 0.25) is 0 Å². The number of hydrogen-bond acceptors (Lipinski definition) is 6. The molecular formula is C23H26N4S2. The van der Waals surface area contributed by atoms with Crippen LogP contribution in [0, 0.1) is 6.92 Å². The summed E-state index contributed by atoms with van der Waals surface area (Å²) in [6, 6.07) is 13.5. The van der Waals surface area contributed by atoms with E-state index in [2.05, 4.69) is 76.2 Å². The van der Waals surface area contributed by atoms with Crippen molar-refractivity contribution in [3.63, 3.8) is 0 Å². The van der Waals surface area contributed by atoms with Gasteiger partial charge in [0.05, 0.1) is 16.9 Å². The number of hydrogen-bond donors (Lipinski definition) is 1. The van der Waals surface area contributed by atoms with E-state index in [1.165, 1.54) is 27.4 Å². The number of para-hydroxylation sites is 2. The van der Waals surface area contributed by atoms with Gasteiger partial charge in [0.2, 0.25) is 0 Å². The van der Waals surface area contributed by atoms with Gasteiger partial charge < -0.3 is 10.2 Å². The normalized spacial score (nSPS) is 19.2. The summed E-state index contributed by atoms with van der Waals surface area (Å²) >= 11 is 3.61. The van der Waals surface area contributed by atoms with Gasteiger partial charge in [-0.15, -0.1) is 11.3 Å². The van der Waals surface area contributed by atoms with Crippen molar-refractivity contribution in [3.8, 4) is 0 Å². The van der Waals surface area contributed by atoms with Crippen LogP contribution in [-0.4, -0.2) is 48.4 Å². The Kier molecular flexibility index (Phi) is 5.16. The molecule has 2 aliphatic heterocycles. The van der Waals surface area contributed by atoms with E-state index in [0.29, 0.717) is 6.04 Å².